The van der Waals surface area contributed by atoms with Gasteiger partial charge in [-0.3, -0.25) is 4.79 Å². The Labute approximate surface area is 169 Å². The molecule has 8 nitrogen and oxygen atoms in total. The van der Waals surface area contributed by atoms with Crippen LogP contribution in [0.2, 0.25) is 0 Å². The number of carbonyl (C=O) groups excluding carboxylic acids is 1. The molecular formula is C21H26N4O4. The summed E-state index contributed by atoms with van der Waals surface area (Å²) in [4.78, 5) is 17.1. The van der Waals surface area contributed by atoms with E-state index >= 15 is 0 Å². The van der Waals surface area contributed by atoms with Gasteiger partial charge in [0.2, 0.25) is 5.88 Å². The minimum Gasteiger partial charge on any atom is -0.436 e. The highest BCUT2D eigenvalue weighted by atomic mass is 16.5. The minimum atomic E-state index is -0.0219. The molecule has 1 amide bonds. The van der Waals surface area contributed by atoms with Crippen LogP contribution in [0.1, 0.15) is 23.2 Å². The molecule has 1 aromatic heterocycles. The number of nitrogens with one attached hydrogen (secondary N) is 1. The van der Waals surface area contributed by atoms with Crippen LogP contribution in [-0.2, 0) is 4.74 Å². The predicted octanol–water partition coefficient (Wildman–Crippen LogP) is 2.13. The zero-order valence-corrected chi connectivity index (χ0v) is 16.4. The van der Waals surface area contributed by atoms with Crippen molar-refractivity contribution in [1.29, 1.82) is 0 Å². The summed E-state index contributed by atoms with van der Waals surface area (Å²) in [7, 11) is 0. The summed E-state index contributed by atoms with van der Waals surface area (Å²) in [6.07, 6.45) is 2.36. The Morgan fingerprint density at radius 1 is 1.10 bits per heavy atom. The molecule has 4 fully saturated rings. The van der Waals surface area contributed by atoms with Crippen LogP contribution in [0.4, 0.5) is 5.88 Å². The molecule has 154 valence electrons. The Kier molecular flexibility index (Phi) is 5.12. The van der Waals surface area contributed by atoms with E-state index in [1.807, 2.05) is 0 Å². The first-order chi connectivity index (χ1) is 14.2. The average molecular weight is 398 g/mol. The first-order valence-electron chi connectivity index (χ1n) is 10.4. The lowest BCUT2D eigenvalue weighted by molar-refractivity contribution is 0.0620. The van der Waals surface area contributed by atoms with Crippen molar-refractivity contribution in [3.8, 4) is 11.6 Å². The van der Waals surface area contributed by atoms with E-state index in [-0.39, 0.29) is 11.9 Å². The molecule has 2 aromatic rings. The van der Waals surface area contributed by atoms with E-state index in [4.69, 9.17) is 14.0 Å². The summed E-state index contributed by atoms with van der Waals surface area (Å²) in [5, 5.41) is 7.19. The van der Waals surface area contributed by atoms with Gasteiger partial charge in [-0.05, 0) is 61.3 Å². The summed E-state index contributed by atoms with van der Waals surface area (Å²) in [6, 6.07) is 9.18. The molecular weight excluding hydrogens is 372 g/mol. The van der Waals surface area contributed by atoms with Crippen molar-refractivity contribution in [2.45, 2.75) is 18.9 Å². The monoisotopic (exact) mass is 398 g/mol. The van der Waals surface area contributed by atoms with Gasteiger partial charge in [-0.2, -0.15) is 0 Å². The molecule has 1 aromatic carbocycles. The molecule has 8 heteroatoms. The molecule has 0 aliphatic carbocycles. The van der Waals surface area contributed by atoms with Crippen LogP contribution in [0, 0.1) is 5.92 Å². The first kappa shape index (κ1) is 18.4. The maximum atomic E-state index is 12.6. The van der Waals surface area contributed by atoms with Crippen molar-refractivity contribution in [2.75, 3.05) is 50.8 Å². The van der Waals surface area contributed by atoms with Crippen molar-refractivity contribution in [3.05, 3.63) is 35.9 Å². The van der Waals surface area contributed by atoms with E-state index in [2.05, 4.69) is 20.3 Å². The lowest BCUT2D eigenvalue weighted by Gasteiger charge is -2.44. The maximum Gasteiger partial charge on any atom is 0.261 e. The van der Waals surface area contributed by atoms with Crippen molar-refractivity contribution in [1.82, 2.24) is 15.4 Å². The molecule has 0 spiro atoms. The van der Waals surface area contributed by atoms with Crippen LogP contribution in [-0.4, -0.2) is 67.9 Å². The number of hydrogen-bond donors (Lipinski definition) is 1. The number of rotatable bonds is 5. The van der Waals surface area contributed by atoms with Crippen LogP contribution >= 0.6 is 0 Å². The Balaban J connectivity index is 1.18. The number of hydrogen-bond acceptors (Lipinski definition) is 7. The van der Waals surface area contributed by atoms with E-state index in [1.165, 1.54) is 25.9 Å². The smallest absolute Gasteiger partial charge is 0.261 e. The predicted molar refractivity (Wildman–Crippen MR) is 106 cm³/mol. The van der Waals surface area contributed by atoms with E-state index in [0.717, 1.165) is 19.6 Å². The van der Waals surface area contributed by atoms with Crippen molar-refractivity contribution < 1.29 is 18.8 Å². The highest BCUT2D eigenvalue weighted by Gasteiger charge is 2.34. The van der Waals surface area contributed by atoms with Gasteiger partial charge in [0.25, 0.3) is 11.8 Å². The third kappa shape index (κ3) is 4.09. The summed E-state index contributed by atoms with van der Waals surface area (Å²) < 4.78 is 16.5. The number of morpholine rings is 1. The third-order valence-corrected chi connectivity index (χ3v) is 6.11. The van der Waals surface area contributed by atoms with E-state index in [0.29, 0.717) is 42.2 Å². The van der Waals surface area contributed by atoms with Crippen molar-refractivity contribution in [3.63, 3.8) is 0 Å². The normalized spacial score (nSPS) is 26.3. The molecule has 1 unspecified atom stereocenters. The van der Waals surface area contributed by atoms with Gasteiger partial charge in [-0.15, -0.1) is 0 Å². The quantitative estimate of drug-likeness (QED) is 0.826. The van der Waals surface area contributed by atoms with E-state index in [1.54, 1.807) is 30.3 Å². The largest absolute Gasteiger partial charge is 0.436 e. The average Bonchev–Trinajstić information content (AvgIpc) is 3.24. The van der Waals surface area contributed by atoms with Gasteiger partial charge in [-0.1, -0.05) is 0 Å². The third-order valence-electron chi connectivity index (χ3n) is 6.11. The topological polar surface area (TPSA) is 80.1 Å². The number of aromatic nitrogens is 1. The Morgan fingerprint density at radius 2 is 1.86 bits per heavy atom. The Morgan fingerprint density at radius 3 is 2.55 bits per heavy atom. The number of nitrogens with zero attached hydrogens (tertiary/aromatic N) is 3. The Bertz CT molecular complexity index is 839. The molecule has 0 saturated carbocycles. The van der Waals surface area contributed by atoms with Crippen molar-refractivity contribution >= 4 is 11.8 Å². The number of ether oxygens (including phenoxy) is 2. The van der Waals surface area contributed by atoms with E-state index in [9.17, 15) is 4.79 Å². The standard InChI is InChI=1S/C21H26N4O4/c26-21(22-18-14-24-7-5-15(18)6-8-24)16-1-3-17(4-2-16)28-19-13-20(29-23-19)25-9-11-27-12-10-25/h1-4,13,15,18H,5-12,14H2,(H,22,26). The fourth-order valence-corrected chi connectivity index (χ4v) is 4.41. The molecule has 4 saturated heterocycles. The summed E-state index contributed by atoms with van der Waals surface area (Å²) >= 11 is 0. The van der Waals surface area contributed by atoms with E-state index < -0.39 is 0 Å². The molecule has 0 radical (unpaired) electrons. The molecule has 2 bridgehead atoms. The van der Waals surface area contributed by atoms with Crippen LogP contribution in [0.3, 0.4) is 0 Å². The number of amides is 1. The van der Waals surface area contributed by atoms with Gasteiger partial charge < -0.3 is 29.1 Å². The first-order valence-corrected chi connectivity index (χ1v) is 10.4. The SMILES string of the molecule is O=C(NC1CN2CCC1CC2)c1ccc(Oc2cc(N3CCOCC3)on2)cc1. The van der Waals surface area contributed by atoms with Crippen LogP contribution in [0.15, 0.2) is 34.9 Å². The number of carbonyl (C=O) groups is 1. The van der Waals surface area contributed by atoms with Crippen LogP contribution in [0.25, 0.3) is 0 Å². The summed E-state index contributed by atoms with van der Waals surface area (Å²) in [5.74, 6) is 2.28. The van der Waals surface area contributed by atoms with Gasteiger partial charge >= 0.3 is 0 Å². The highest BCUT2D eigenvalue weighted by molar-refractivity contribution is 5.94. The zero-order valence-electron chi connectivity index (χ0n) is 16.4. The molecule has 4 aliphatic heterocycles. The van der Waals surface area contributed by atoms with Gasteiger partial charge in [0.1, 0.15) is 5.75 Å². The van der Waals surface area contributed by atoms with Gasteiger partial charge in [0, 0.05) is 31.2 Å². The van der Waals surface area contributed by atoms with Gasteiger partial charge in [0.15, 0.2) is 0 Å². The van der Waals surface area contributed by atoms with Crippen LogP contribution < -0.4 is 15.0 Å². The fraction of sp³-hybridized carbons (Fsp3) is 0.524. The summed E-state index contributed by atoms with van der Waals surface area (Å²) in [6.45, 7) is 6.21. The lowest BCUT2D eigenvalue weighted by Crippen LogP contribution is -2.57. The minimum absolute atomic E-state index is 0.0219. The van der Waals surface area contributed by atoms with Crippen molar-refractivity contribution in [2.24, 2.45) is 5.92 Å². The molecule has 4 aliphatic rings. The second-order valence-corrected chi connectivity index (χ2v) is 7.95. The second-order valence-electron chi connectivity index (χ2n) is 7.95. The number of piperidine rings is 3. The fourth-order valence-electron chi connectivity index (χ4n) is 4.41. The molecule has 1 N–H and O–H groups in total. The second kappa shape index (κ2) is 8.04. The molecule has 5 heterocycles. The number of benzene rings is 1. The summed E-state index contributed by atoms with van der Waals surface area (Å²) in [5.41, 5.74) is 0.642. The number of anilines is 1. The molecule has 6 rings (SSSR count). The molecule has 29 heavy (non-hydrogen) atoms. The zero-order chi connectivity index (χ0) is 19.6. The lowest BCUT2D eigenvalue weighted by atomic mass is 9.84. The van der Waals surface area contributed by atoms with Gasteiger partial charge in [0.05, 0.1) is 19.3 Å². The number of fused-ring (bicyclic) bond motifs is 3. The van der Waals surface area contributed by atoms with Crippen LogP contribution in [0.5, 0.6) is 11.6 Å². The molecule has 1 atom stereocenters. The Hall–Kier alpha value is -2.58. The maximum absolute atomic E-state index is 12.6. The van der Waals surface area contributed by atoms with Gasteiger partial charge in [-0.25, -0.2) is 0 Å². The highest BCUT2D eigenvalue weighted by Crippen LogP contribution is 2.28.